The van der Waals surface area contributed by atoms with Crippen molar-refractivity contribution in [2.75, 3.05) is 18.2 Å². The van der Waals surface area contributed by atoms with Gasteiger partial charge in [-0.2, -0.15) is 0 Å². The number of anilines is 1. The minimum absolute atomic E-state index is 0.000475. The van der Waals surface area contributed by atoms with Crippen molar-refractivity contribution < 1.29 is 32.9 Å². The van der Waals surface area contributed by atoms with E-state index in [0.29, 0.717) is 10.8 Å². The summed E-state index contributed by atoms with van der Waals surface area (Å²) in [5.74, 6) is 0.00704. The lowest BCUT2D eigenvalue weighted by Gasteiger charge is -2.16. The molecule has 176 valence electrons. The molecule has 3 aromatic rings. The first-order valence-corrected chi connectivity index (χ1v) is 12.7. The first-order valence-electron chi connectivity index (χ1n) is 9.91. The number of hydrogen-bond acceptors (Lipinski definition) is 9. The molecule has 0 bridgehead atoms. The molecule has 0 fully saturated rings. The molecule has 2 aromatic carbocycles. The van der Waals surface area contributed by atoms with E-state index in [9.17, 15) is 23.4 Å². The van der Waals surface area contributed by atoms with E-state index >= 15 is 0 Å². The molecule has 9 nitrogen and oxygen atoms in total. The molecule has 0 spiro atoms. The van der Waals surface area contributed by atoms with Gasteiger partial charge in [0.05, 0.1) is 18.4 Å². The molecule has 3 N–H and O–H groups in total. The summed E-state index contributed by atoms with van der Waals surface area (Å²) in [5.41, 5.74) is 0.601. The fraction of sp³-hybridized carbons (Fsp3) is 0.273. The van der Waals surface area contributed by atoms with Crippen LogP contribution in [0.3, 0.4) is 0 Å². The second-order valence-corrected chi connectivity index (χ2v) is 10.2. The second kappa shape index (κ2) is 10.3. The lowest BCUT2D eigenvalue weighted by molar-refractivity contribution is 0.102. The highest BCUT2D eigenvalue weighted by Crippen LogP contribution is 2.32. The summed E-state index contributed by atoms with van der Waals surface area (Å²) < 4.78 is 35.7. The predicted octanol–water partition coefficient (Wildman–Crippen LogP) is 3.40. The van der Waals surface area contributed by atoms with Crippen LogP contribution in [0, 0.1) is 0 Å². The molecule has 0 aliphatic carbocycles. The third-order valence-corrected chi connectivity index (χ3v) is 6.30. The number of carbonyl (C=O) groups is 1. The lowest BCUT2D eigenvalue weighted by Crippen LogP contribution is -2.17. The molecule has 1 amide bonds. The Morgan fingerprint density at radius 1 is 1.18 bits per heavy atom. The number of thiazole rings is 1. The highest BCUT2D eigenvalue weighted by Gasteiger charge is 2.18. The third kappa shape index (κ3) is 6.51. The van der Waals surface area contributed by atoms with Crippen LogP contribution >= 0.6 is 11.3 Å². The van der Waals surface area contributed by atoms with Gasteiger partial charge in [-0.25, -0.2) is 13.4 Å². The molecular formula is C22H24N2O7S2. The minimum Gasteiger partial charge on any atom is -0.488 e. The fourth-order valence-electron chi connectivity index (χ4n) is 2.77. The van der Waals surface area contributed by atoms with E-state index in [1.54, 1.807) is 31.4 Å². The van der Waals surface area contributed by atoms with Gasteiger partial charge in [-0.3, -0.25) is 10.1 Å². The van der Waals surface area contributed by atoms with Crippen molar-refractivity contribution in [2.24, 2.45) is 0 Å². The maximum atomic E-state index is 12.9. The lowest BCUT2D eigenvalue weighted by atomic mass is 10.2. The van der Waals surface area contributed by atoms with E-state index in [2.05, 4.69) is 10.3 Å². The van der Waals surface area contributed by atoms with E-state index in [1.165, 1.54) is 41.7 Å². The van der Waals surface area contributed by atoms with Crippen LogP contribution in [-0.2, 0) is 9.84 Å². The average molecular weight is 493 g/mol. The SMILES string of the molecule is CC(CO)Oc1cc(Oc2ccccc2S(C)(=O)=O)cc(C(=O)Nc2nc(C(C)O)cs2)c1. The number of para-hydroxylation sites is 1. The van der Waals surface area contributed by atoms with E-state index in [0.717, 1.165) is 6.26 Å². The largest absolute Gasteiger partial charge is 0.488 e. The van der Waals surface area contributed by atoms with Crippen LogP contribution < -0.4 is 14.8 Å². The number of nitrogens with zero attached hydrogens (tertiary/aromatic N) is 1. The van der Waals surface area contributed by atoms with Crippen LogP contribution in [0.5, 0.6) is 17.2 Å². The van der Waals surface area contributed by atoms with Gasteiger partial charge >= 0.3 is 0 Å². The molecular weight excluding hydrogens is 468 g/mol. The van der Waals surface area contributed by atoms with E-state index < -0.39 is 28.0 Å². The Kier molecular flexibility index (Phi) is 7.69. The smallest absolute Gasteiger partial charge is 0.257 e. The molecule has 11 heteroatoms. The second-order valence-electron chi connectivity index (χ2n) is 7.33. The van der Waals surface area contributed by atoms with Crippen LogP contribution in [0.15, 0.2) is 52.7 Å². The normalized spacial score (nSPS) is 13.2. The summed E-state index contributed by atoms with van der Waals surface area (Å²) in [6.45, 7) is 2.98. The minimum atomic E-state index is -3.55. The monoisotopic (exact) mass is 492 g/mol. The molecule has 33 heavy (non-hydrogen) atoms. The Morgan fingerprint density at radius 3 is 2.52 bits per heavy atom. The van der Waals surface area contributed by atoms with Crippen molar-refractivity contribution in [1.29, 1.82) is 0 Å². The van der Waals surface area contributed by atoms with Crippen molar-refractivity contribution in [3.05, 3.63) is 59.1 Å². The van der Waals surface area contributed by atoms with E-state index in [1.807, 2.05) is 0 Å². The third-order valence-electron chi connectivity index (χ3n) is 4.38. The van der Waals surface area contributed by atoms with Gasteiger partial charge in [0, 0.05) is 23.3 Å². The fourth-order valence-corrected chi connectivity index (χ4v) is 4.36. The van der Waals surface area contributed by atoms with E-state index in [-0.39, 0.29) is 34.3 Å². The van der Waals surface area contributed by atoms with Gasteiger partial charge in [0.1, 0.15) is 28.2 Å². The van der Waals surface area contributed by atoms with Gasteiger partial charge in [0.2, 0.25) is 0 Å². The van der Waals surface area contributed by atoms with Crippen molar-refractivity contribution in [2.45, 2.75) is 31.0 Å². The van der Waals surface area contributed by atoms with Gasteiger partial charge in [-0.05, 0) is 38.1 Å². The maximum Gasteiger partial charge on any atom is 0.257 e. The number of aliphatic hydroxyl groups is 2. The van der Waals surface area contributed by atoms with Crippen LogP contribution in [-0.4, -0.2) is 48.5 Å². The summed E-state index contributed by atoms with van der Waals surface area (Å²) in [7, 11) is -3.55. The highest BCUT2D eigenvalue weighted by atomic mass is 32.2. The van der Waals surface area contributed by atoms with Crippen molar-refractivity contribution in [1.82, 2.24) is 4.98 Å². The van der Waals surface area contributed by atoms with Crippen LogP contribution in [0.1, 0.15) is 36.0 Å². The van der Waals surface area contributed by atoms with Crippen molar-refractivity contribution in [3.63, 3.8) is 0 Å². The standard InChI is InChI=1S/C22H24N2O7S2/c1-13(11-25)30-16-8-15(21(27)24-22-23-18(12-32-22)14(2)26)9-17(10-16)31-19-6-4-5-7-20(19)33(3,28)29/h4-10,12-14,25-26H,11H2,1-3H3,(H,23,24,27). The van der Waals surface area contributed by atoms with Gasteiger partial charge in [0.15, 0.2) is 15.0 Å². The molecule has 0 aliphatic rings. The molecule has 0 radical (unpaired) electrons. The number of nitrogens with one attached hydrogen (secondary N) is 1. The van der Waals surface area contributed by atoms with E-state index in [4.69, 9.17) is 9.47 Å². The molecule has 1 aromatic heterocycles. The number of aliphatic hydroxyl groups excluding tert-OH is 2. The Labute approximate surface area is 195 Å². The average Bonchev–Trinajstić information content (AvgIpc) is 3.22. The molecule has 3 rings (SSSR count). The zero-order valence-corrected chi connectivity index (χ0v) is 19.8. The molecule has 2 unspecified atom stereocenters. The summed E-state index contributed by atoms with van der Waals surface area (Å²) in [4.78, 5) is 17.0. The van der Waals surface area contributed by atoms with Crippen LogP contribution in [0.25, 0.3) is 0 Å². The number of rotatable bonds is 9. The first kappa shape index (κ1) is 24.6. The quantitative estimate of drug-likeness (QED) is 0.414. The first-order chi connectivity index (χ1) is 15.6. The summed E-state index contributed by atoms with van der Waals surface area (Å²) in [5, 5.41) is 23.5. The van der Waals surface area contributed by atoms with Gasteiger partial charge in [-0.1, -0.05) is 12.1 Å². The zero-order valence-electron chi connectivity index (χ0n) is 18.2. The molecule has 1 heterocycles. The molecule has 0 saturated heterocycles. The topological polar surface area (TPSA) is 135 Å². The van der Waals surface area contributed by atoms with Gasteiger partial charge in [-0.15, -0.1) is 11.3 Å². The number of carbonyl (C=O) groups excluding carboxylic acids is 1. The van der Waals surface area contributed by atoms with Gasteiger partial charge < -0.3 is 19.7 Å². The number of benzene rings is 2. The highest BCUT2D eigenvalue weighted by molar-refractivity contribution is 7.90. The summed E-state index contributed by atoms with van der Waals surface area (Å²) in [6, 6.07) is 10.6. The number of amides is 1. The van der Waals surface area contributed by atoms with Crippen molar-refractivity contribution >= 4 is 32.2 Å². The van der Waals surface area contributed by atoms with Crippen LogP contribution in [0.2, 0.25) is 0 Å². The molecule has 0 saturated carbocycles. The summed E-state index contributed by atoms with van der Waals surface area (Å²) in [6.07, 6.45) is -0.239. The molecule has 0 aliphatic heterocycles. The Bertz CT molecular complexity index is 1240. The Hall–Kier alpha value is -2.99. The Morgan fingerprint density at radius 2 is 1.88 bits per heavy atom. The number of aromatic nitrogens is 1. The predicted molar refractivity (Wildman–Crippen MR) is 124 cm³/mol. The molecule has 2 atom stereocenters. The van der Waals surface area contributed by atoms with Crippen molar-refractivity contribution in [3.8, 4) is 17.2 Å². The Balaban J connectivity index is 1.95. The summed E-state index contributed by atoms with van der Waals surface area (Å²) >= 11 is 1.17. The van der Waals surface area contributed by atoms with Crippen LogP contribution in [0.4, 0.5) is 5.13 Å². The van der Waals surface area contributed by atoms with Gasteiger partial charge in [0.25, 0.3) is 5.91 Å². The zero-order chi connectivity index (χ0) is 24.2. The number of hydrogen-bond donors (Lipinski definition) is 3. The number of ether oxygens (including phenoxy) is 2. The number of sulfone groups is 1. The maximum absolute atomic E-state index is 12.9.